The predicted octanol–water partition coefficient (Wildman–Crippen LogP) is 1.56. The van der Waals surface area contributed by atoms with E-state index in [0.29, 0.717) is 6.04 Å². The molecule has 0 radical (unpaired) electrons. The van der Waals surface area contributed by atoms with Crippen molar-refractivity contribution in [3.8, 4) is 0 Å². The Balaban J connectivity index is 1.88. The van der Waals surface area contributed by atoms with E-state index in [9.17, 15) is 5.11 Å². The van der Waals surface area contributed by atoms with Crippen molar-refractivity contribution in [1.82, 2.24) is 9.88 Å². The number of aliphatic hydroxyl groups is 1. The van der Waals surface area contributed by atoms with E-state index < -0.39 is 0 Å². The van der Waals surface area contributed by atoms with Gasteiger partial charge in [0.05, 0.1) is 6.61 Å². The van der Waals surface area contributed by atoms with Crippen LogP contribution in [0.5, 0.6) is 0 Å². The molecule has 2 fully saturated rings. The van der Waals surface area contributed by atoms with Crippen molar-refractivity contribution in [2.24, 2.45) is 0 Å². The number of hydrogen-bond donors (Lipinski definition) is 1. The topological polar surface area (TPSA) is 39.6 Å². The first-order valence-corrected chi connectivity index (χ1v) is 7.22. The van der Waals surface area contributed by atoms with Gasteiger partial charge in [-0.05, 0) is 39.3 Å². The van der Waals surface area contributed by atoms with E-state index in [0.717, 1.165) is 30.4 Å². The van der Waals surface area contributed by atoms with Gasteiger partial charge in [-0.15, -0.1) is 0 Å². The van der Waals surface area contributed by atoms with Crippen molar-refractivity contribution in [2.45, 2.75) is 44.9 Å². The molecule has 0 saturated carbocycles. The largest absolute Gasteiger partial charge is 0.392 e. The van der Waals surface area contributed by atoms with E-state index in [2.05, 4.69) is 27.9 Å². The quantitative estimate of drug-likeness (QED) is 0.877. The molecule has 104 valence electrons. The fraction of sp³-hybridized carbons (Fsp3) is 0.667. The molecule has 3 heterocycles. The summed E-state index contributed by atoms with van der Waals surface area (Å²) in [5.74, 6) is 0. The fourth-order valence-electron chi connectivity index (χ4n) is 3.52. The minimum Gasteiger partial charge on any atom is -0.392 e. The van der Waals surface area contributed by atoms with Gasteiger partial charge in [0.1, 0.15) is 0 Å². The van der Waals surface area contributed by atoms with Gasteiger partial charge in [-0.25, -0.2) is 0 Å². The van der Waals surface area contributed by atoms with E-state index in [-0.39, 0.29) is 6.61 Å². The van der Waals surface area contributed by atoms with Crippen LogP contribution in [0.1, 0.15) is 30.5 Å². The van der Waals surface area contributed by atoms with Crippen LogP contribution in [-0.2, 0) is 6.61 Å². The number of hydrogen-bond acceptors (Lipinski definition) is 4. The van der Waals surface area contributed by atoms with Crippen LogP contribution in [-0.4, -0.2) is 47.2 Å². The maximum atomic E-state index is 9.52. The number of pyridine rings is 1. The SMILES string of the molecule is Cc1cc(N2CCC3CCC(C2)N3C)c(CO)cn1. The highest BCUT2D eigenvalue weighted by Crippen LogP contribution is 2.32. The number of rotatable bonds is 2. The van der Waals surface area contributed by atoms with Crippen molar-refractivity contribution in [1.29, 1.82) is 0 Å². The van der Waals surface area contributed by atoms with Crippen molar-refractivity contribution in [2.75, 3.05) is 25.0 Å². The van der Waals surface area contributed by atoms with Gasteiger partial charge in [-0.3, -0.25) is 9.88 Å². The van der Waals surface area contributed by atoms with E-state index in [1.54, 1.807) is 0 Å². The lowest BCUT2D eigenvalue weighted by atomic mass is 10.1. The molecule has 0 aliphatic carbocycles. The number of aryl methyl sites for hydroxylation is 1. The highest BCUT2D eigenvalue weighted by molar-refractivity contribution is 5.54. The van der Waals surface area contributed by atoms with Crippen molar-refractivity contribution in [3.63, 3.8) is 0 Å². The minimum absolute atomic E-state index is 0.0725. The smallest absolute Gasteiger partial charge is 0.0717 e. The van der Waals surface area contributed by atoms with Crippen LogP contribution < -0.4 is 4.90 Å². The number of aromatic nitrogens is 1. The van der Waals surface area contributed by atoms with Crippen molar-refractivity contribution in [3.05, 3.63) is 23.5 Å². The van der Waals surface area contributed by atoms with Crippen molar-refractivity contribution < 1.29 is 5.11 Å². The third-order valence-electron chi connectivity index (χ3n) is 4.76. The standard InChI is InChI=1S/C15H23N3O/c1-11-7-15(12(10-19)8-16-11)18-6-5-13-3-4-14(9-18)17(13)2/h7-8,13-14,19H,3-6,9-10H2,1-2H3. The van der Waals surface area contributed by atoms with Gasteiger partial charge in [0.2, 0.25) is 0 Å². The first kappa shape index (κ1) is 12.9. The van der Waals surface area contributed by atoms with Crippen LogP contribution >= 0.6 is 0 Å². The Bertz CT molecular complexity index is 463. The molecule has 2 unspecified atom stereocenters. The summed E-state index contributed by atoms with van der Waals surface area (Å²) in [7, 11) is 2.26. The molecule has 1 aromatic heterocycles. The normalized spacial score (nSPS) is 27.6. The van der Waals surface area contributed by atoms with Crippen LogP contribution in [0.4, 0.5) is 5.69 Å². The maximum Gasteiger partial charge on any atom is 0.0717 e. The fourth-order valence-corrected chi connectivity index (χ4v) is 3.52. The molecule has 0 amide bonds. The van der Waals surface area contributed by atoms with E-state index >= 15 is 0 Å². The van der Waals surface area contributed by atoms with Crippen LogP contribution in [0.3, 0.4) is 0 Å². The van der Waals surface area contributed by atoms with Crippen LogP contribution in [0, 0.1) is 6.92 Å². The Hall–Kier alpha value is -1.13. The zero-order valence-corrected chi connectivity index (χ0v) is 11.8. The molecule has 1 N–H and O–H groups in total. The summed E-state index contributed by atoms with van der Waals surface area (Å²) in [6.07, 6.45) is 5.68. The molecule has 4 nitrogen and oxygen atoms in total. The van der Waals surface area contributed by atoms with Crippen LogP contribution in [0.15, 0.2) is 12.3 Å². The summed E-state index contributed by atoms with van der Waals surface area (Å²) in [5.41, 5.74) is 3.15. The van der Waals surface area contributed by atoms with Gasteiger partial charge >= 0.3 is 0 Å². The molecule has 3 rings (SSSR count). The second-order valence-corrected chi connectivity index (χ2v) is 5.90. The Morgan fingerprint density at radius 2 is 2.11 bits per heavy atom. The monoisotopic (exact) mass is 261 g/mol. The lowest BCUT2D eigenvalue weighted by molar-refractivity contribution is 0.254. The summed E-state index contributed by atoms with van der Waals surface area (Å²) in [6, 6.07) is 3.52. The molecule has 2 aliphatic rings. The molecule has 2 saturated heterocycles. The van der Waals surface area contributed by atoms with Crippen LogP contribution in [0.2, 0.25) is 0 Å². The lowest BCUT2D eigenvalue weighted by Crippen LogP contribution is -2.37. The third kappa shape index (κ3) is 2.35. The highest BCUT2D eigenvalue weighted by Gasteiger charge is 2.35. The summed E-state index contributed by atoms with van der Waals surface area (Å²) >= 11 is 0. The minimum atomic E-state index is 0.0725. The van der Waals surface area contributed by atoms with Gasteiger partial charge in [0.15, 0.2) is 0 Å². The predicted molar refractivity (Wildman–Crippen MR) is 76.3 cm³/mol. The van der Waals surface area contributed by atoms with Gasteiger partial charge in [0, 0.05) is 48.3 Å². The molecule has 0 spiro atoms. The second kappa shape index (κ2) is 5.10. The van der Waals surface area contributed by atoms with Crippen LogP contribution in [0.25, 0.3) is 0 Å². The molecule has 19 heavy (non-hydrogen) atoms. The zero-order chi connectivity index (χ0) is 13.4. The number of aliphatic hydroxyl groups excluding tert-OH is 1. The maximum absolute atomic E-state index is 9.52. The number of anilines is 1. The molecule has 1 aromatic rings. The number of nitrogens with zero attached hydrogens (tertiary/aromatic N) is 3. The van der Waals surface area contributed by atoms with Crippen molar-refractivity contribution >= 4 is 5.69 Å². The Morgan fingerprint density at radius 1 is 1.32 bits per heavy atom. The lowest BCUT2D eigenvalue weighted by Gasteiger charge is -2.29. The molecular formula is C15H23N3O. The zero-order valence-electron chi connectivity index (χ0n) is 11.8. The van der Waals surface area contributed by atoms with Gasteiger partial charge in [-0.2, -0.15) is 0 Å². The second-order valence-electron chi connectivity index (χ2n) is 5.90. The van der Waals surface area contributed by atoms with E-state index in [1.165, 1.54) is 24.9 Å². The Kier molecular flexibility index (Phi) is 3.46. The number of fused-ring (bicyclic) bond motifs is 2. The Morgan fingerprint density at radius 3 is 2.89 bits per heavy atom. The van der Waals surface area contributed by atoms with E-state index in [4.69, 9.17) is 0 Å². The first-order chi connectivity index (χ1) is 9.19. The summed E-state index contributed by atoms with van der Waals surface area (Å²) in [4.78, 5) is 9.29. The summed E-state index contributed by atoms with van der Waals surface area (Å²) in [5, 5.41) is 9.52. The molecular weight excluding hydrogens is 238 g/mol. The Labute approximate surface area is 115 Å². The highest BCUT2D eigenvalue weighted by atomic mass is 16.3. The molecule has 2 atom stereocenters. The molecule has 2 bridgehead atoms. The van der Waals surface area contributed by atoms with E-state index in [1.807, 2.05) is 13.1 Å². The molecule has 4 heteroatoms. The molecule has 2 aliphatic heterocycles. The average molecular weight is 261 g/mol. The summed E-state index contributed by atoms with van der Waals surface area (Å²) < 4.78 is 0. The summed E-state index contributed by atoms with van der Waals surface area (Å²) in [6.45, 7) is 4.25. The third-order valence-corrected chi connectivity index (χ3v) is 4.76. The number of likely N-dealkylation sites (N-methyl/N-ethyl adjacent to an activating group) is 1. The molecule has 0 aromatic carbocycles. The van der Waals surface area contributed by atoms with Gasteiger partial charge < -0.3 is 10.0 Å². The average Bonchev–Trinajstić information content (AvgIpc) is 2.63. The van der Waals surface area contributed by atoms with Gasteiger partial charge in [0.25, 0.3) is 0 Å². The first-order valence-electron chi connectivity index (χ1n) is 7.22. The van der Waals surface area contributed by atoms with Gasteiger partial charge in [-0.1, -0.05) is 0 Å².